The van der Waals surface area contributed by atoms with Gasteiger partial charge < -0.3 is 15.2 Å². The normalized spacial score (nSPS) is 20.0. The first-order valence-electron chi connectivity index (χ1n) is 14.4. The van der Waals surface area contributed by atoms with Gasteiger partial charge in [-0.1, -0.05) is 18.6 Å². The third-order valence-corrected chi connectivity index (χ3v) is 9.07. The lowest BCUT2D eigenvalue weighted by Crippen LogP contribution is -2.59. The summed E-state index contributed by atoms with van der Waals surface area (Å²) < 4.78 is 0. The van der Waals surface area contributed by atoms with Gasteiger partial charge in [-0.05, 0) is 102 Å². The van der Waals surface area contributed by atoms with Crippen LogP contribution in [-0.2, 0) is 24.2 Å². The molecule has 0 unspecified atom stereocenters. The standard InChI is InChI=1S/C30H41N7O/c1-35(2)30(29(38)33-23-10-8-9-22(19-23)20-36-15-6-3-7-16-36)13-17-37(18-14-30)28-26-24-11-4-5-12-25(24)34-27(26)31-21-32-28/h8-10,19,21H,3-7,11-18,20H2,1-2H3,(H,33,38)(H,31,32,34). The van der Waals surface area contributed by atoms with Crippen LogP contribution in [0.2, 0.25) is 0 Å². The molecule has 8 heteroatoms. The fourth-order valence-corrected chi connectivity index (χ4v) is 6.79. The zero-order valence-corrected chi connectivity index (χ0v) is 22.9. The van der Waals surface area contributed by atoms with E-state index in [-0.39, 0.29) is 5.91 Å². The fourth-order valence-electron chi connectivity index (χ4n) is 6.79. The van der Waals surface area contributed by atoms with Crippen LogP contribution in [0.3, 0.4) is 0 Å². The van der Waals surface area contributed by atoms with Crippen LogP contribution in [0.1, 0.15) is 61.8 Å². The highest BCUT2D eigenvalue weighted by Gasteiger charge is 2.44. The lowest BCUT2D eigenvalue weighted by Gasteiger charge is -2.45. The van der Waals surface area contributed by atoms with E-state index in [1.165, 1.54) is 67.4 Å². The third kappa shape index (κ3) is 4.80. The fraction of sp³-hybridized carbons (Fsp3) is 0.567. The molecule has 202 valence electrons. The van der Waals surface area contributed by atoms with Crippen LogP contribution in [0.25, 0.3) is 11.0 Å². The lowest BCUT2D eigenvalue weighted by atomic mass is 9.85. The molecule has 2 aromatic heterocycles. The Kier molecular flexibility index (Phi) is 7.10. The molecule has 0 atom stereocenters. The number of aromatic amines is 1. The topological polar surface area (TPSA) is 80.4 Å². The summed E-state index contributed by atoms with van der Waals surface area (Å²) in [7, 11) is 4.07. The summed E-state index contributed by atoms with van der Waals surface area (Å²) in [5, 5.41) is 4.47. The highest BCUT2D eigenvalue weighted by Crippen LogP contribution is 2.37. The van der Waals surface area contributed by atoms with Gasteiger partial charge in [0, 0.05) is 31.0 Å². The van der Waals surface area contributed by atoms with Crippen molar-refractivity contribution in [3.8, 4) is 0 Å². The number of aryl methyl sites for hydroxylation is 2. The number of nitrogens with zero attached hydrogens (tertiary/aromatic N) is 5. The summed E-state index contributed by atoms with van der Waals surface area (Å²) in [5.41, 5.74) is 5.28. The van der Waals surface area contributed by atoms with E-state index in [4.69, 9.17) is 4.98 Å². The van der Waals surface area contributed by atoms with E-state index in [2.05, 4.69) is 48.2 Å². The second-order valence-electron chi connectivity index (χ2n) is 11.6. The number of anilines is 2. The molecule has 0 saturated carbocycles. The Morgan fingerprint density at radius 1 is 1.03 bits per heavy atom. The molecular weight excluding hydrogens is 474 g/mol. The maximum absolute atomic E-state index is 13.8. The van der Waals surface area contributed by atoms with Crippen LogP contribution in [0.4, 0.5) is 11.5 Å². The predicted molar refractivity (Wildman–Crippen MR) is 153 cm³/mol. The minimum atomic E-state index is -0.552. The minimum absolute atomic E-state index is 0.0872. The van der Waals surface area contributed by atoms with Gasteiger partial charge in [-0.15, -0.1) is 0 Å². The number of H-pyrrole nitrogens is 1. The monoisotopic (exact) mass is 515 g/mol. The summed E-state index contributed by atoms with van der Waals surface area (Å²) >= 11 is 0. The number of amides is 1. The molecule has 1 aromatic carbocycles. The highest BCUT2D eigenvalue weighted by molar-refractivity contribution is 5.98. The zero-order valence-electron chi connectivity index (χ0n) is 22.9. The maximum Gasteiger partial charge on any atom is 0.245 e. The number of carbonyl (C=O) groups excluding carboxylic acids is 1. The van der Waals surface area contributed by atoms with Gasteiger partial charge >= 0.3 is 0 Å². The second-order valence-corrected chi connectivity index (χ2v) is 11.6. The Morgan fingerprint density at radius 2 is 1.82 bits per heavy atom. The summed E-state index contributed by atoms with van der Waals surface area (Å²) in [4.78, 5) is 33.7. The first-order valence-corrected chi connectivity index (χ1v) is 14.4. The average molecular weight is 516 g/mol. The Balaban J connectivity index is 1.17. The molecule has 38 heavy (non-hydrogen) atoms. The van der Waals surface area contributed by atoms with Gasteiger partial charge in [0.15, 0.2) is 0 Å². The van der Waals surface area contributed by atoms with Crippen molar-refractivity contribution in [3.63, 3.8) is 0 Å². The Bertz CT molecular complexity index is 1280. The van der Waals surface area contributed by atoms with E-state index < -0.39 is 5.54 Å². The molecule has 2 saturated heterocycles. The van der Waals surface area contributed by atoms with Crippen molar-refractivity contribution in [3.05, 3.63) is 47.4 Å². The molecule has 6 rings (SSSR count). The van der Waals surface area contributed by atoms with E-state index in [0.29, 0.717) is 0 Å². The Labute approximate surface area is 225 Å². The molecule has 2 aliphatic heterocycles. The van der Waals surface area contributed by atoms with E-state index in [0.717, 1.165) is 62.5 Å². The van der Waals surface area contributed by atoms with E-state index in [1.807, 2.05) is 20.2 Å². The molecular formula is C30H41N7O. The number of likely N-dealkylation sites (N-methyl/N-ethyl adjacent to an activating group) is 1. The van der Waals surface area contributed by atoms with Gasteiger partial charge in [0.05, 0.1) is 5.39 Å². The molecule has 1 amide bonds. The number of hydrogen-bond acceptors (Lipinski definition) is 6. The van der Waals surface area contributed by atoms with Crippen molar-refractivity contribution in [2.75, 3.05) is 50.5 Å². The smallest absolute Gasteiger partial charge is 0.245 e. The van der Waals surface area contributed by atoms with Gasteiger partial charge in [-0.2, -0.15) is 0 Å². The SMILES string of the molecule is CN(C)C1(C(=O)Nc2cccc(CN3CCCCC3)c2)CCN(c2ncnc3[nH]c4c(c23)CCCC4)CC1. The van der Waals surface area contributed by atoms with E-state index in [1.54, 1.807) is 6.33 Å². The molecule has 0 radical (unpaired) electrons. The largest absolute Gasteiger partial charge is 0.356 e. The average Bonchev–Trinajstić information content (AvgIpc) is 3.33. The molecule has 1 aliphatic carbocycles. The lowest BCUT2D eigenvalue weighted by molar-refractivity contribution is -0.127. The molecule has 0 spiro atoms. The first-order chi connectivity index (χ1) is 18.5. The van der Waals surface area contributed by atoms with E-state index >= 15 is 0 Å². The number of aromatic nitrogens is 3. The van der Waals surface area contributed by atoms with Crippen LogP contribution in [-0.4, -0.2) is 76.5 Å². The molecule has 8 nitrogen and oxygen atoms in total. The number of likely N-dealkylation sites (tertiary alicyclic amines) is 1. The number of piperidine rings is 2. The highest BCUT2D eigenvalue weighted by atomic mass is 16.2. The molecule has 4 heterocycles. The minimum Gasteiger partial charge on any atom is -0.356 e. The Hall–Kier alpha value is -2.97. The number of rotatable bonds is 6. The van der Waals surface area contributed by atoms with Crippen molar-refractivity contribution in [1.29, 1.82) is 0 Å². The summed E-state index contributed by atoms with van der Waals surface area (Å²) in [6, 6.07) is 8.41. The van der Waals surface area contributed by atoms with Gasteiger partial charge in [0.1, 0.15) is 23.3 Å². The number of carbonyl (C=O) groups is 1. The quantitative estimate of drug-likeness (QED) is 0.508. The number of hydrogen-bond donors (Lipinski definition) is 2. The van der Waals surface area contributed by atoms with Crippen LogP contribution < -0.4 is 10.2 Å². The summed E-state index contributed by atoms with van der Waals surface area (Å²) in [6.07, 6.45) is 11.7. The van der Waals surface area contributed by atoms with Crippen molar-refractivity contribution in [1.82, 2.24) is 24.8 Å². The van der Waals surface area contributed by atoms with Crippen LogP contribution in [0.15, 0.2) is 30.6 Å². The molecule has 0 bridgehead atoms. The third-order valence-electron chi connectivity index (χ3n) is 9.07. The summed E-state index contributed by atoms with van der Waals surface area (Å²) in [6.45, 7) is 4.86. The molecule has 3 aromatic rings. The number of benzene rings is 1. The Morgan fingerprint density at radius 3 is 2.61 bits per heavy atom. The van der Waals surface area contributed by atoms with Crippen molar-refractivity contribution < 1.29 is 4.79 Å². The molecule has 2 N–H and O–H groups in total. The van der Waals surface area contributed by atoms with Gasteiger partial charge in [0.25, 0.3) is 0 Å². The van der Waals surface area contributed by atoms with Crippen molar-refractivity contribution in [2.24, 2.45) is 0 Å². The van der Waals surface area contributed by atoms with Crippen molar-refractivity contribution in [2.45, 2.75) is 69.9 Å². The van der Waals surface area contributed by atoms with Gasteiger partial charge in [0.2, 0.25) is 5.91 Å². The number of nitrogens with one attached hydrogen (secondary N) is 2. The molecule has 2 fully saturated rings. The van der Waals surface area contributed by atoms with Gasteiger partial charge in [-0.25, -0.2) is 9.97 Å². The van der Waals surface area contributed by atoms with Crippen LogP contribution in [0, 0.1) is 0 Å². The first kappa shape index (κ1) is 25.3. The maximum atomic E-state index is 13.8. The number of fused-ring (bicyclic) bond motifs is 3. The predicted octanol–water partition coefficient (Wildman–Crippen LogP) is 4.36. The zero-order chi connectivity index (χ0) is 26.1. The van der Waals surface area contributed by atoms with E-state index in [9.17, 15) is 4.79 Å². The van der Waals surface area contributed by atoms with Crippen LogP contribution in [0.5, 0.6) is 0 Å². The van der Waals surface area contributed by atoms with Gasteiger partial charge in [-0.3, -0.25) is 14.6 Å². The van der Waals surface area contributed by atoms with Crippen molar-refractivity contribution >= 4 is 28.4 Å². The second kappa shape index (κ2) is 10.7. The molecule has 3 aliphatic rings. The summed E-state index contributed by atoms with van der Waals surface area (Å²) in [5.74, 6) is 1.11. The van der Waals surface area contributed by atoms with Crippen LogP contribution >= 0.6 is 0 Å².